The van der Waals surface area contributed by atoms with Crippen molar-refractivity contribution in [3.05, 3.63) is 41.6 Å². The van der Waals surface area contributed by atoms with E-state index in [1.807, 2.05) is 18.2 Å². The molecule has 0 aliphatic carbocycles. The van der Waals surface area contributed by atoms with Gasteiger partial charge in [-0.3, -0.25) is 14.5 Å². The fourth-order valence-corrected chi connectivity index (χ4v) is 3.85. The summed E-state index contributed by atoms with van der Waals surface area (Å²) in [7, 11) is -2.34. The number of aromatic nitrogens is 1. The predicted molar refractivity (Wildman–Crippen MR) is 83.0 cm³/mol. The van der Waals surface area contributed by atoms with Crippen LogP contribution >= 0.6 is 0 Å². The van der Waals surface area contributed by atoms with E-state index in [-0.39, 0.29) is 0 Å². The molecule has 1 aromatic carbocycles. The minimum Gasteiger partial charge on any atom is -0.297 e. The van der Waals surface area contributed by atoms with Gasteiger partial charge in [0.05, 0.1) is 5.52 Å². The van der Waals surface area contributed by atoms with E-state index in [4.69, 9.17) is 4.78 Å². The molecular formula is C15H17N3O2S. The second-order valence-corrected chi connectivity index (χ2v) is 7.82. The highest BCUT2D eigenvalue weighted by molar-refractivity contribution is 7.92. The molecule has 6 heteroatoms. The van der Waals surface area contributed by atoms with Crippen LogP contribution in [0.3, 0.4) is 0 Å². The molecule has 0 radical (unpaired) electrons. The molecule has 1 N–H and O–H groups in total. The molecule has 0 bridgehead atoms. The number of benzene rings is 1. The van der Waals surface area contributed by atoms with E-state index >= 15 is 0 Å². The van der Waals surface area contributed by atoms with Gasteiger partial charge in [0.25, 0.3) is 0 Å². The van der Waals surface area contributed by atoms with Crippen LogP contribution in [0.2, 0.25) is 0 Å². The third-order valence-corrected chi connectivity index (χ3v) is 5.46. The number of pyridine rings is 1. The lowest BCUT2D eigenvalue weighted by molar-refractivity contribution is 0.111. The Labute approximate surface area is 124 Å². The van der Waals surface area contributed by atoms with Crippen LogP contribution in [-0.4, -0.2) is 45.0 Å². The molecule has 0 unspecified atom stereocenters. The first kappa shape index (κ1) is 14.2. The molecule has 5 nitrogen and oxygen atoms in total. The smallest absolute Gasteiger partial charge is 0.168 e. The predicted octanol–water partition coefficient (Wildman–Crippen LogP) is 1.91. The first-order chi connectivity index (χ1) is 10.1. The van der Waals surface area contributed by atoms with Gasteiger partial charge in [0.2, 0.25) is 0 Å². The van der Waals surface area contributed by atoms with Crippen molar-refractivity contribution < 1.29 is 9.00 Å². The number of aldehydes is 1. The van der Waals surface area contributed by atoms with Gasteiger partial charge in [0.1, 0.15) is 5.69 Å². The Morgan fingerprint density at radius 2 is 2.00 bits per heavy atom. The molecule has 3 rings (SSSR count). The topological polar surface area (TPSA) is 74.1 Å². The van der Waals surface area contributed by atoms with Gasteiger partial charge in [0.15, 0.2) is 6.29 Å². The first-order valence-electron chi connectivity index (χ1n) is 6.87. The minimum absolute atomic E-state index is 0.441. The normalized spacial score (nSPS) is 18.7. The molecule has 0 saturated carbocycles. The van der Waals surface area contributed by atoms with Crippen molar-refractivity contribution in [2.45, 2.75) is 6.54 Å². The molecule has 21 heavy (non-hydrogen) atoms. The molecule has 110 valence electrons. The van der Waals surface area contributed by atoms with Gasteiger partial charge in [-0.05, 0) is 23.8 Å². The van der Waals surface area contributed by atoms with Crippen molar-refractivity contribution in [1.29, 1.82) is 4.78 Å². The van der Waals surface area contributed by atoms with Gasteiger partial charge in [0, 0.05) is 46.3 Å². The number of nitrogens with one attached hydrogen (secondary N) is 1. The van der Waals surface area contributed by atoms with Gasteiger partial charge in [-0.15, -0.1) is 0 Å². The second kappa shape index (κ2) is 5.54. The van der Waals surface area contributed by atoms with E-state index < -0.39 is 9.73 Å². The minimum atomic E-state index is -2.34. The van der Waals surface area contributed by atoms with Crippen molar-refractivity contribution in [1.82, 2.24) is 9.88 Å². The number of hydrogen-bond acceptors (Lipinski definition) is 5. The fraction of sp³-hybridized carbons (Fsp3) is 0.333. The Balaban J connectivity index is 1.77. The number of fused-ring (bicyclic) bond motifs is 1. The maximum atomic E-state index is 11.6. The van der Waals surface area contributed by atoms with Crippen LogP contribution in [0.15, 0.2) is 30.3 Å². The van der Waals surface area contributed by atoms with Crippen molar-refractivity contribution in [3.63, 3.8) is 0 Å². The fourth-order valence-electron chi connectivity index (χ4n) is 2.54. The summed E-state index contributed by atoms with van der Waals surface area (Å²) in [5, 5.41) is 1.01. The largest absolute Gasteiger partial charge is 0.297 e. The van der Waals surface area contributed by atoms with Crippen LogP contribution in [-0.2, 0) is 16.3 Å². The van der Waals surface area contributed by atoms with Crippen molar-refractivity contribution in [3.8, 4) is 0 Å². The molecule has 1 aliphatic rings. The van der Waals surface area contributed by atoms with Gasteiger partial charge >= 0.3 is 0 Å². The Hall–Kier alpha value is -1.79. The molecule has 0 amide bonds. The van der Waals surface area contributed by atoms with Gasteiger partial charge in [-0.25, -0.2) is 9.19 Å². The molecule has 1 fully saturated rings. The van der Waals surface area contributed by atoms with E-state index in [0.29, 0.717) is 30.3 Å². The summed E-state index contributed by atoms with van der Waals surface area (Å²) in [5.41, 5.74) is 2.43. The van der Waals surface area contributed by atoms with Gasteiger partial charge in [-0.1, -0.05) is 12.1 Å². The van der Waals surface area contributed by atoms with Crippen molar-refractivity contribution in [2.24, 2.45) is 0 Å². The third kappa shape index (κ3) is 3.28. The van der Waals surface area contributed by atoms with Gasteiger partial charge < -0.3 is 0 Å². The molecule has 2 aromatic rings. The molecule has 1 aliphatic heterocycles. The molecule has 0 spiro atoms. The Kier molecular flexibility index (Phi) is 3.73. The number of hydrogen-bond donors (Lipinski definition) is 1. The highest BCUT2D eigenvalue weighted by Gasteiger charge is 2.18. The van der Waals surface area contributed by atoms with Crippen molar-refractivity contribution in [2.75, 3.05) is 24.6 Å². The quantitative estimate of drug-likeness (QED) is 0.879. The number of nitrogens with zero attached hydrogens (tertiary/aromatic N) is 2. The number of carbonyl (C=O) groups is 1. The molecule has 0 atom stereocenters. The average Bonchev–Trinajstić information content (AvgIpc) is 2.49. The maximum absolute atomic E-state index is 11.6. The third-order valence-electron chi connectivity index (χ3n) is 3.78. The lowest BCUT2D eigenvalue weighted by atomic mass is 10.1. The van der Waals surface area contributed by atoms with Crippen LogP contribution < -0.4 is 0 Å². The second-order valence-electron chi connectivity index (χ2n) is 5.38. The van der Waals surface area contributed by atoms with E-state index in [1.165, 1.54) is 5.56 Å². The Bertz CT molecular complexity index is 773. The van der Waals surface area contributed by atoms with Crippen LogP contribution in [0, 0.1) is 4.78 Å². The number of carbonyl (C=O) groups excluding carboxylic acids is 1. The van der Waals surface area contributed by atoms with Crippen LogP contribution in [0.25, 0.3) is 10.9 Å². The van der Waals surface area contributed by atoms with Crippen molar-refractivity contribution >= 4 is 26.9 Å². The Morgan fingerprint density at radius 1 is 1.24 bits per heavy atom. The standard InChI is InChI=1S/C15H17N3O2S/c16-21(20)7-5-18(6-8-21)10-12-1-4-15-13(9-12)2-3-14(11-19)17-15/h1-4,9,11,16H,5-8,10H2. The summed E-state index contributed by atoms with van der Waals surface area (Å²) < 4.78 is 19.2. The lowest BCUT2D eigenvalue weighted by Crippen LogP contribution is -2.39. The summed E-state index contributed by atoms with van der Waals surface area (Å²) in [5.74, 6) is 0.926. The molecule has 1 saturated heterocycles. The van der Waals surface area contributed by atoms with E-state index in [0.717, 1.165) is 23.7 Å². The summed E-state index contributed by atoms with van der Waals surface area (Å²) in [6.45, 7) is 2.21. The highest BCUT2D eigenvalue weighted by Crippen LogP contribution is 2.17. The Morgan fingerprint density at radius 3 is 2.71 bits per heavy atom. The van der Waals surface area contributed by atoms with E-state index in [2.05, 4.69) is 16.0 Å². The SMILES string of the molecule is N=S1(=O)CCN(Cc2ccc3nc(C=O)ccc3c2)CC1. The summed E-state index contributed by atoms with van der Waals surface area (Å²) >= 11 is 0. The summed E-state index contributed by atoms with van der Waals surface area (Å²) in [4.78, 5) is 17.2. The van der Waals surface area contributed by atoms with Crippen LogP contribution in [0.4, 0.5) is 0 Å². The first-order valence-corrected chi connectivity index (χ1v) is 8.77. The summed E-state index contributed by atoms with van der Waals surface area (Å²) in [6, 6.07) is 9.63. The maximum Gasteiger partial charge on any atom is 0.168 e. The average molecular weight is 303 g/mol. The highest BCUT2D eigenvalue weighted by atomic mass is 32.2. The summed E-state index contributed by atoms with van der Waals surface area (Å²) in [6.07, 6.45) is 0.749. The lowest BCUT2D eigenvalue weighted by Gasteiger charge is -2.27. The zero-order valence-corrected chi connectivity index (χ0v) is 12.4. The zero-order valence-electron chi connectivity index (χ0n) is 11.6. The van der Waals surface area contributed by atoms with Gasteiger partial charge in [-0.2, -0.15) is 0 Å². The van der Waals surface area contributed by atoms with Crippen LogP contribution in [0.1, 0.15) is 16.1 Å². The van der Waals surface area contributed by atoms with E-state index in [1.54, 1.807) is 6.07 Å². The molecular weight excluding hydrogens is 286 g/mol. The zero-order chi connectivity index (χ0) is 14.9. The molecule has 2 heterocycles. The monoisotopic (exact) mass is 303 g/mol. The van der Waals surface area contributed by atoms with Crippen LogP contribution in [0.5, 0.6) is 0 Å². The molecule has 1 aromatic heterocycles. The number of rotatable bonds is 3. The van der Waals surface area contributed by atoms with E-state index in [9.17, 15) is 9.00 Å².